The number of amides is 1. The Morgan fingerprint density at radius 2 is 1.26 bits per heavy atom. The molecule has 35 heavy (non-hydrogen) atoms. The summed E-state index contributed by atoms with van der Waals surface area (Å²) in [6.45, 7) is 4.24. The van der Waals surface area contributed by atoms with Crippen molar-refractivity contribution in [3.63, 3.8) is 0 Å². The largest absolute Gasteiger partial charge is 0.462 e. The van der Waals surface area contributed by atoms with Crippen molar-refractivity contribution < 1.29 is 56.8 Å². The third-order valence-electron chi connectivity index (χ3n) is 4.04. The second-order valence-electron chi connectivity index (χ2n) is 7.10. The summed E-state index contributed by atoms with van der Waals surface area (Å²) in [7, 11) is 0. The highest BCUT2D eigenvalue weighted by Gasteiger charge is 2.47. The Labute approximate surface area is 200 Å². The number of hydrogen-bond acceptors (Lipinski definition) is 11. The summed E-state index contributed by atoms with van der Waals surface area (Å²) in [5.41, 5.74) is -0.295. The van der Waals surface area contributed by atoms with E-state index in [9.17, 15) is 33.2 Å². The second-order valence-corrected chi connectivity index (χ2v) is 7.10. The van der Waals surface area contributed by atoms with Crippen LogP contribution in [0.1, 0.15) is 34.6 Å². The summed E-state index contributed by atoms with van der Waals surface area (Å²) in [4.78, 5) is 71.6. The SMILES string of the molecule is CC(=O)OCC(OC(C)=O)C(OC(C)=O)C(OC(C)=O)C(OC(C)=O)C(=O)Nc1ccccc1F. The summed E-state index contributed by atoms with van der Waals surface area (Å²) in [5, 5.41) is 2.19. The molecule has 0 saturated carbocycles. The Bertz CT molecular complexity index is 964. The fourth-order valence-corrected chi connectivity index (χ4v) is 2.86. The van der Waals surface area contributed by atoms with E-state index < -0.39 is 72.6 Å². The van der Waals surface area contributed by atoms with E-state index in [0.29, 0.717) is 0 Å². The summed E-state index contributed by atoms with van der Waals surface area (Å²) in [6, 6.07) is 5.05. The van der Waals surface area contributed by atoms with Crippen LogP contribution in [0.2, 0.25) is 0 Å². The predicted octanol–water partition coefficient (Wildman–Crippen LogP) is 1.05. The first kappa shape index (κ1) is 29.0. The number of ether oxygens (including phenoxy) is 5. The monoisotopic (exact) mass is 499 g/mol. The van der Waals surface area contributed by atoms with Gasteiger partial charge in [-0.2, -0.15) is 0 Å². The molecule has 0 saturated heterocycles. The van der Waals surface area contributed by atoms with Gasteiger partial charge in [-0.25, -0.2) is 4.39 Å². The first-order valence-electron chi connectivity index (χ1n) is 10.2. The Morgan fingerprint density at radius 1 is 0.743 bits per heavy atom. The van der Waals surface area contributed by atoms with Crippen molar-refractivity contribution in [2.24, 2.45) is 0 Å². The quantitative estimate of drug-likeness (QED) is 0.342. The van der Waals surface area contributed by atoms with Gasteiger partial charge in [0.05, 0.1) is 5.69 Å². The van der Waals surface area contributed by atoms with Gasteiger partial charge in [0, 0.05) is 34.6 Å². The zero-order valence-electron chi connectivity index (χ0n) is 19.7. The Kier molecular flexibility index (Phi) is 11.3. The number of carbonyl (C=O) groups excluding carboxylic acids is 6. The lowest BCUT2D eigenvalue weighted by Crippen LogP contribution is -2.56. The molecule has 1 N–H and O–H groups in total. The Hall–Kier alpha value is -4.03. The molecule has 12 nitrogen and oxygen atoms in total. The molecule has 1 aromatic rings. The van der Waals surface area contributed by atoms with E-state index in [1.54, 1.807) is 0 Å². The molecular weight excluding hydrogens is 473 g/mol. The first-order chi connectivity index (χ1) is 16.3. The van der Waals surface area contributed by atoms with Crippen molar-refractivity contribution in [1.29, 1.82) is 0 Å². The van der Waals surface area contributed by atoms with Gasteiger partial charge < -0.3 is 29.0 Å². The van der Waals surface area contributed by atoms with E-state index in [1.165, 1.54) is 18.2 Å². The van der Waals surface area contributed by atoms with Crippen molar-refractivity contribution in [1.82, 2.24) is 0 Å². The van der Waals surface area contributed by atoms with Crippen LogP contribution in [0.25, 0.3) is 0 Å². The number of halogens is 1. The smallest absolute Gasteiger partial charge is 0.303 e. The summed E-state index contributed by atoms with van der Waals surface area (Å²) in [6.07, 6.45) is -7.32. The first-order valence-corrected chi connectivity index (χ1v) is 10.2. The molecule has 0 aromatic heterocycles. The average Bonchev–Trinajstić information content (AvgIpc) is 2.72. The third kappa shape index (κ3) is 10.2. The van der Waals surface area contributed by atoms with Gasteiger partial charge in [0.2, 0.25) is 6.10 Å². The second kappa shape index (κ2) is 13.6. The van der Waals surface area contributed by atoms with Crippen LogP contribution in [0.5, 0.6) is 0 Å². The number of esters is 5. The van der Waals surface area contributed by atoms with Gasteiger partial charge >= 0.3 is 29.8 Å². The number of anilines is 1. The van der Waals surface area contributed by atoms with Gasteiger partial charge in [0.1, 0.15) is 12.4 Å². The van der Waals surface area contributed by atoms with E-state index in [0.717, 1.165) is 40.7 Å². The average molecular weight is 499 g/mol. The molecule has 4 atom stereocenters. The normalized spacial score (nSPS) is 13.8. The number of hydrogen-bond donors (Lipinski definition) is 1. The van der Waals surface area contributed by atoms with Gasteiger partial charge in [-0.05, 0) is 12.1 Å². The highest BCUT2D eigenvalue weighted by molar-refractivity contribution is 5.96. The van der Waals surface area contributed by atoms with Crippen LogP contribution in [-0.2, 0) is 52.5 Å². The maximum atomic E-state index is 14.1. The van der Waals surface area contributed by atoms with Gasteiger partial charge in [-0.1, -0.05) is 12.1 Å². The number of carbonyl (C=O) groups is 6. The molecule has 1 amide bonds. The molecule has 0 aliphatic carbocycles. The number of benzene rings is 1. The molecule has 0 aliphatic heterocycles. The van der Waals surface area contributed by atoms with E-state index in [4.69, 9.17) is 23.7 Å². The third-order valence-corrected chi connectivity index (χ3v) is 4.04. The van der Waals surface area contributed by atoms with Crippen LogP contribution >= 0.6 is 0 Å². The molecule has 4 unspecified atom stereocenters. The van der Waals surface area contributed by atoms with E-state index in [1.807, 2.05) is 0 Å². The summed E-state index contributed by atoms with van der Waals surface area (Å²) in [5.74, 6) is -6.66. The maximum absolute atomic E-state index is 14.1. The molecule has 13 heteroatoms. The van der Waals surface area contributed by atoms with E-state index >= 15 is 0 Å². The van der Waals surface area contributed by atoms with Gasteiger partial charge in [-0.15, -0.1) is 0 Å². The van der Waals surface area contributed by atoms with Crippen LogP contribution in [0, 0.1) is 5.82 Å². The molecule has 0 aliphatic rings. The number of para-hydroxylation sites is 1. The minimum Gasteiger partial charge on any atom is -0.462 e. The minimum atomic E-state index is -2.02. The molecular formula is C22H26FNO11. The molecule has 0 spiro atoms. The number of rotatable bonds is 11. The topological polar surface area (TPSA) is 161 Å². The standard InChI is InChI=1S/C22H26FNO11/c1-11(25)31-10-18(32-12(2)26)19(33-13(3)27)20(34-14(4)28)21(35-15(5)29)22(30)24-17-9-7-6-8-16(17)23/h6-9,18-21H,10H2,1-5H3,(H,24,30). The van der Waals surface area contributed by atoms with E-state index in [-0.39, 0.29) is 5.69 Å². The zero-order valence-corrected chi connectivity index (χ0v) is 19.7. The van der Waals surface area contributed by atoms with Crippen LogP contribution < -0.4 is 5.32 Å². The Balaban J connectivity index is 3.55. The van der Waals surface area contributed by atoms with Crippen LogP contribution in [0.4, 0.5) is 10.1 Å². The highest BCUT2D eigenvalue weighted by atomic mass is 19.1. The minimum absolute atomic E-state index is 0.295. The fourth-order valence-electron chi connectivity index (χ4n) is 2.86. The van der Waals surface area contributed by atoms with Crippen molar-refractivity contribution in [3.8, 4) is 0 Å². The van der Waals surface area contributed by atoms with Gasteiger partial charge in [0.25, 0.3) is 5.91 Å². The molecule has 0 bridgehead atoms. The zero-order chi connectivity index (χ0) is 26.7. The maximum Gasteiger partial charge on any atom is 0.303 e. The summed E-state index contributed by atoms with van der Waals surface area (Å²) >= 11 is 0. The van der Waals surface area contributed by atoms with E-state index in [2.05, 4.69) is 5.32 Å². The predicted molar refractivity (Wildman–Crippen MR) is 114 cm³/mol. The van der Waals surface area contributed by atoms with Crippen molar-refractivity contribution in [3.05, 3.63) is 30.1 Å². The lowest BCUT2D eigenvalue weighted by atomic mass is 10.0. The van der Waals surface area contributed by atoms with Crippen LogP contribution in [0.3, 0.4) is 0 Å². The molecule has 0 fully saturated rings. The molecule has 1 rings (SSSR count). The fraction of sp³-hybridized carbons (Fsp3) is 0.455. The van der Waals surface area contributed by atoms with Gasteiger partial charge in [-0.3, -0.25) is 28.8 Å². The highest BCUT2D eigenvalue weighted by Crippen LogP contribution is 2.22. The van der Waals surface area contributed by atoms with Crippen LogP contribution in [-0.4, -0.2) is 66.8 Å². The number of nitrogens with one attached hydrogen (secondary N) is 1. The molecule has 1 aromatic carbocycles. The van der Waals surface area contributed by atoms with Crippen molar-refractivity contribution >= 4 is 41.4 Å². The van der Waals surface area contributed by atoms with Gasteiger partial charge in [0.15, 0.2) is 18.3 Å². The molecule has 0 radical (unpaired) electrons. The van der Waals surface area contributed by atoms with Crippen molar-refractivity contribution in [2.45, 2.75) is 59.0 Å². The Morgan fingerprint density at radius 3 is 1.74 bits per heavy atom. The van der Waals surface area contributed by atoms with Crippen molar-refractivity contribution in [2.75, 3.05) is 11.9 Å². The summed E-state index contributed by atoms with van der Waals surface area (Å²) < 4.78 is 39.4. The lowest BCUT2D eigenvalue weighted by Gasteiger charge is -2.34. The lowest BCUT2D eigenvalue weighted by molar-refractivity contribution is -0.202. The molecule has 192 valence electrons. The van der Waals surface area contributed by atoms with Crippen LogP contribution in [0.15, 0.2) is 24.3 Å². The molecule has 0 heterocycles.